The summed E-state index contributed by atoms with van der Waals surface area (Å²) in [6.07, 6.45) is 5.16. The highest BCUT2D eigenvalue weighted by Crippen LogP contribution is 2.25. The lowest BCUT2D eigenvalue weighted by Crippen LogP contribution is -2.54. The largest absolute Gasteiger partial charge is 0.344 e. The van der Waals surface area contributed by atoms with Crippen molar-refractivity contribution >= 4 is 15.9 Å². The summed E-state index contributed by atoms with van der Waals surface area (Å²) in [5.74, 6) is 2.24. The van der Waals surface area contributed by atoms with Crippen molar-refractivity contribution in [3.63, 3.8) is 0 Å². The fraction of sp³-hybridized carbons (Fsp3) is 0.550. The molecule has 1 aromatic carbocycles. The minimum absolute atomic E-state index is 0.0238. The van der Waals surface area contributed by atoms with Crippen LogP contribution in [-0.4, -0.2) is 62.3 Å². The Kier molecular flexibility index (Phi) is 6.68. The van der Waals surface area contributed by atoms with Crippen molar-refractivity contribution in [2.75, 3.05) is 32.7 Å². The third-order valence-electron chi connectivity index (χ3n) is 4.92. The number of hydrogen-bond acceptors (Lipinski definition) is 4. The van der Waals surface area contributed by atoms with Gasteiger partial charge < -0.3 is 5.32 Å². The van der Waals surface area contributed by atoms with Crippen molar-refractivity contribution in [1.29, 1.82) is 0 Å². The molecule has 0 saturated carbocycles. The summed E-state index contributed by atoms with van der Waals surface area (Å²) in [6, 6.07) is 6.77. The van der Waals surface area contributed by atoms with Gasteiger partial charge in [-0.2, -0.15) is 4.31 Å². The van der Waals surface area contributed by atoms with E-state index in [1.165, 1.54) is 4.31 Å². The molecular weight excluding hydrogens is 362 g/mol. The Bertz CT molecular complexity index is 796. The molecular formula is C20H29N3O3S. The van der Waals surface area contributed by atoms with Gasteiger partial charge in [0.2, 0.25) is 15.9 Å². The predicted octanol–water partition coefficient (Wildman–Crippen LogP) is 1.43. The number of carbonyl (C=O) groups is 1. The second-order valence-corrected chi connectivity index (χ2v) is 9.75. The third-order valence-corrected chi connectivity index (χ3v) is 6.84. The summed E-state index contributed by atoms with van der Waals surface area (Å²) in [7, 11) is -3.53. The highest BCUT2D eigenvalue weighted by molar-refractivity contribution is 7.89. The van der Waals surface area contributed by atoms with Crippen LogP contribution in [0, 0.1) is 12.3 Å². The number of rotatable bonds is 5. The van der Waals surface area contributed by atoms with Crippen molar-refractivity contribution in [1.82, 2.24) is 14.5 Å². The van der Waals surface area contributed by atoms with Gasteiger partial charge in [-0.1, -0.05) is 38.8 Å². The van der Waals surface area contributed by atoms with Crippen molar-refractivity contribution in [3.8, 4) is 12.3 Å². The van der Waals surface area contributed by atoms with E-state index in [-0.39, 0.29) is 23.9 Å². The molecule has 7 heteroatoms. The van der Waals surface area contributed by atoms with Crippen LogP contribution >= 0.6 is 0 Å². The molecule has 1 fully saturated rings. The summed E-state index contributed by atoms with van der Waals surface area (Å²) in [6.45, 7) is 10.0. The highest BCUT2D eigenvalue weighted by Gasteiger charge is 2.31. The van der Waals surface area contributed by atoms with Gasteiger partial charge in [-0.05, 0) is 30.0 Å². The second-order valence-electron chi connectivity index (χ2n) is 7.81. The Hall–Kier alpha value is -1.88. The van der Waals surface area contributed by atoms with Gasteiger partial charge in [-0.3, -0.25) is 9.69 Å². The van der Waals surface area contributed by atoms with E-state index in [1.807, 2.05) is 17.0 Å². The third kappa shape index (κ3) is 5.10. The number of terminal acetylenes is 1. The van der Waals surface area contributed by atoms with Gasteiger partial charge in [0.15, 0.2) is 0 Å². The van der Waals surface area contributed by atoms with Crippen LogP contribution < -0.4 is 5.32 Å². The number of amides is 1. The fourth-order valence-corrected chi connectivity index (χ4v) is 4.48. The zero-order valence-corrected chi connectivity index (χ0v) is 17.3. The van der Waals surface area contributed by atoms with Crippen molar-refractivity contribution in [2.45, 2.75) is 44.0 Å². The lowest BCUT2D eigenvalue weighted by molar-refractivity contribution is -0.126. The Morgan fingerprint density at radius 1 is 1.19 bits per heavy atom. The Morgan fingerprint density at radius 3 is 2.22 bits per heavy atom. The number of piperazine rings is 1. The van der Waals surface area contributed by atoms with Crippen molar-refractivity contribution in [3.05, 3.63) is 29.8 Å². The first kappa shape index (κ1) is 21.4. The van der Waals surface area contributed by atoms with E-state index in [0.717, 1.165) is 5.56 Å². The summed E-state index contributed by atoms with van der Waals surface area (Å²) in [5.41, 5.74) is 1.07. The molecule has 1 atom stereocenters. The summed E-state index contributed by atoms with van der Waals surface area (Å²) in [5, 5.41) is 2.67. The van der Waals surface area contributed by atoms with Crippen LogP contribution in [0.2, 0.25) is 0 Å². The average Bonchev–Trinajstić information content (AvgIpc) is 2.65. The molecule has 148 valence electrons. The molecule has 1 aromatic rings. The minimum atomic E-state index is -3.53. The van der Waals surface area contributed by atoms with Gasteiger partial charge in [0.25, 0.3) is 0 Å². The number of benzene rings is 1. The molecule has 0 aliphatic carbocycles. The Labute approximate surface area is 163 Å². The van der Waals surface area contributed by atoms with Crippen LogP contribution in [0.15, 0.2) is 29.2 Å². The maximum atomic E-state index is 12.9. The van der Waals surface area contributed by atoms with Gasteiger partial charge >= 0.3 is 0 Å². The number of carbonyl (C=O) groups excluding carboxylic acids is 1. The standard InChI is InChI=1S/C20H29N3O3S/c1-6-11-21-19(24)16(2)22-12-14-23(15-13-22)27(25,26)18-9-7-17(8-10-18)20(3,4)5/h1,7-10,16H,11-15H2,2-5H3,(H,21,24). The van der Waals surface area contributed by atoms with Gasteiger partial charge in [-0.15, -0.1) is 6.42 Å². The predicted molar refractivity (Wildman–Crippen MR) is 107 cm³/mol. The lowest BCUT2D eigenvalue weighted by Gasteiger charge is -2.36. The van der Waals surface area contributed by atoms with Crippen LogP contribution in [-0.2, 0) is 20.2 Å². The summed E-state index contributed by atoms with van der Waals surface area (Å²) >= 11 is 0. The number of nitrogens with zero attached hydrogens (tertiary/aromatic N) is 2. The molecule has 1 N–H and O–H groups in total. The van der Waals surface area contributed by atoms with E-state index in [4.69, 9.17) is 6.42 Å². The van der Waals surface area contributed by atoms with E-state index < -0.39 is 10.0 Å². The molecule has 2 rings (SSSR count). The molecule has 6 nitrogen and oxygen atoms in total. The monoisotopic (exact) mass is 391 g/mol. The summed E-state index contributed by atoms with van der Waals surface area (Å²) < 4.78 is 27.3. The SMILES string of the molecule is C#CCNC(=O)C(C)N1CCN(S(=O)(=O)c2ccc(C(C)(C)C)cc2)CC1. The van der Waals surface area contributed by atoms with Gasteiger partial charge in [-0.25, -0.2) is 8.42 Å². The van der Waals surface area contributed by atoms with Crippen LogP contribution in [0.3, 0.4) is 0 Å². The van der Waals surface area contributed by atoms with Gasteiger partial charge in [0.1, 0.15) is 0 Å². The maximum Gasteiger partial charge on any atom is 0.243 e. The highest BCUT2D eigenvalue weighted by atomic mass is 32.2. The first-order valence-corrected chi connectivity index (χ1v) is 10.6. The molecule has 1 aliphatic rings. The molecule has 0 aromatic heterocycles. The van der Waals surface area contributed by atoms with Gasteiger partial charge in [0.05, 0.1) is 17.5 Å². The second kappa shape index (κ2) is 8.42. The zero-order valence-electron chi connectivity index (χ0n) is 16.5. The van der Waals surface area contributed by atoms with E-state index >= 15 is 0 Å². The van der Waals surface area contributed by atoms with E-state index in [0.29, 0.717) is 31.1 Å². The van der Waals surface area contributed by atoms with Gasteiger partial charge in [0, 0.05) is 26.2 Å². The molecule has 0 spiro atoms. The molecule has 0 radical (unpaired) electrons. The van der Waals surface area contributed by atoms with Crippen LogP contribution in [0.25, 0.3) is 0 Å². The molecule has 1 saturated heterocycles. The average molecular weight is 392 g/mol. The quantitative estimate of drug-likeness (QED) is 0.771. The van der Waals surface area contributed by atoms with Crippen molar-refractivity contribution < 1.29 is 13.2 Å². The minimum Gasteiger partial charge on any atom is -0.344 e. The fourth-order valence-electron chi connectivity index (χ4n) is 3.06. The Morgan fingerprint density at radius 2 is 1.74 bits per heavy atom. The first-order chi connectivity index (χ1) is 12.6. The van der Waals surface area contributed by atoms with Crippen LogP contribution in [0.5, 0.6) is 0 Å². The lowest BCUT2D eigenvalue weighted by atomic mass is 9.87. The van der Waals surface area contributed by atoms with E-state index in [2.05, 4.69) is 32.0 Å². The molecule has 1 amide bonds. The van der Waals surface area contributed by atoms with Crippen LogP contribution in [0.4, 0.5) is 0 Å². The smallest absolute Gasteiger partial charge is 0.243 e. The van der Waals surface area contributed by atoms with Crippen LogP contribution in [0.1, 0.15) is 33.3 Å². The molecule has 27 heavy (non-hydrogen) atoms. The number of nitrogens with one attached hydrogen (secondary N) is 1. The number of sulfonamides is 1. The topological polar surface area (TPSA) is 69.7 Å². The Balaban J connectivity index is 2.02. The van der Waals surface area contributed by atoms with Crippen molar-refractivity contribution in [2.24, 2.45) is 0 Å². The zero-order chi connectivity index (χ0) is 20.2. The normalized spacial score (nSPS) is 17.9. The summed E-state index contributed by atoms with van der Waals surface area (Å²) in [4.78, 5) is 14.3. The maximum absolute atomic E-state index is 12.9. The molecule has 1 unspecified atom stereocenters. The van der Waals surface area contributed by atoms with E-state index in [1.54, 1.807) is 19.1 Å². The molecule has 0 bridgehead atoms. The van der Waals surface area contributed by atoms with E-state index in [9.17, 15) is 13.2 Å². The number of hydrogen-bond donors (Lipinski definition) is 1. The molecule has 1 aliphatic heterocycles. The molecule has 1 heterocycles. The first-order valence-electron chi connectivity index (χ1n) is 9.13.